The zero-order valence-corrected chi connectivity index (χ0v) is 19.4. The van der Waals surface area contributed by atoms with Gasteiger partial charge in [-0.1, -0.05) is 41.4 Å². The van der Waals surface area contributed by atoms with Gasteiger partial charge in [0.15, 0.2) is 6.10 Å². The molecule has 0 radical (unpaired) electrons. The summed E-state index contributed by atoms with van der Waals surface area (Å²) in [6, 6.07) is 10.5. The quantitative estimate of drug-likeness (QED) is 0.729. The van der Waals surface area contributed by atoms with Crippen molar-refractivity contribution in [2.45, 2.75) is 31.3 Å². The van der Waals surface area contributed by atoms with Gasteiger partial charge in [-0.2, -0.15) is 4.31 Å². The Kier molecular flexibility index (Phi) is 6.15. The van der Waals surface area contributed by atoms with Crippen molar-refractivity contribution < 1.29 is 22.7 Å². The summed E-state index contributed by atoms with van der Waals surface area (Å²) < 4.78 is 33.3. The normalized spacial score (nSPS) is 19.2. The third kappa shape index (κ3) is 4.46. The van der Waals surface area contributed by atoms with Gasteiger partial charge in [-0.25, -0.2) is 8.42 Å². The van der Waals surface area contributed by atoms with Gasteiger partial charge in [-0.15, -0.1) is 0 Å². The molecule has 0 spiro atoms. The average molecular weight is 478 g/mol. The highest BCUT2D eigenvalue weighted by Gasteiger charge is 2.34. The van der Waals surface area contributed by atoms with E-state index in [4.69, 9.17) is 16.3 Å². The van der Waals surface area contributed by atoms with E-state index in [2.05, 4.69) is 5.32 Å². The van der Waals surface area contributed by atoms with Gasteiger partial charge in [-0.3, -0.25) is 9.59 Å². The summed E-state index contributed by atoms with van der Waals surface area (Å²) in [5.41, 5.74) is 2.39. The number of carbonyl (C=O) groups is 2. The van der Waals surface area contributed by atoms with E-state index in [-0.39, 0.29) is 47.0 Å². The van der Waals surface area contributed by atoms with Crippen LogP contribution in [0.4, 0.5) is 5.69 Å². The second kappa shape index (κ2) is 8.73. The molecule has 1 saturated heterocycles. The Morgan fingerprint density at radius 3 is 2.47 bits per heavy atom. The molecular weight excluding hydrogens is 454 g/mol. The zero-order valence-electron chi connectivity index (χ0n) is 17.8. The van der Waals surface area contributed by atoms with Gasteiger partial charge in [0.2, 0.25) is 15.9 Å². The third-order valence-corrected chi connectivity index (χ3v) is 8.01. The first-order valence-electron chi connectivity index (χ1n) is 10.3. The largest absolute Gasteiger partial charge is 0.479 e. The Bertz CT molecular complexity index is 1160. The van der Waals surface area contributed by atoms with E-state index in [0.717, 1.165) is 11.1 Å². The van der Waals surface area contributed by atoms with Crippen molar-refractivity contribution in [2.24, 2.45) is 0 Å². The van der Waals surface area contributed by atoms with Crippen LogP contribution in [0.15, 0.2) is 41.3 Å². The van der Waals surface area contributed by atoms with E-state index in [1.165, 1.54) is 16.4 Å². The number of amides is 2. The number of nitrogens with zero attached hydrogens (tertiary/aromatic N) is 2. The molecular formula is C22H24ClN3O5S. The summed E-state index contributed by atoms with van der Waals surface area (Å²) in [4.78, 5) is 26.0. The van der Waals surface area contributed by atoms with Gasteiger partial charge in [0.05, 0.1) is 17.1 Å². The molecule has 0 unspecified atom stereocenters. The van der Waals surface area contributed by atoms with Crippen LogP contribution in [-0.4, -0.2) is 61.7 Å². The number of sulfonamides is 1. The number of benzene rings is 2. The van der Waals surface area contributed by atoms with Crippen molar-refractivity contribution in [1.82, 2.24) is 9.21 Å². The molecule has 1 atom stereocenters. The van der Waals surface area contributed by atoms with E-state index in [0.29, 0.717) is 18.8 Å². The van der Waals surface area contributed by atoms with Crippen LogP contribution >= 0.6 is 11.6 Å². The van der Waals surface area contributed by atoms with Gasteiger partial charge < -0.3 is 15.0 Å². The lowest BCUT2D eigenvalue weighted by molar-refractivity contribution is -0.131. The van der Waals surface area contributed by atoms with Crippen molar-refractivity contribution in [3.8, 4) is 5.75 Å². The summed E-state index contributed by atoms with van der Waals surface area (Å²) in [6.45, 7) is 4.51. The zero-order chi connectivity index (χ0) is 23.0. The third-order valence-electron chi connectivity index (χ3n) is 5.65. The van der Waals surface area contributed by atoms with E-state index in [1.54, 1.807) is 11.8 Å². The maximum absolute atomic E-state index is 13.2. The number of ether oxygens (including phenoxy) is 1. The smallest absolute Gasteiger partial charge is 0.265 e. The molecule has 4 rings (SSSR count). The Morgan fingerprint density at radius 2 is 1.81 bits per heavy atom. The monoisotopic (exact) mass is 477 g/mol. The summed E-state index contributed by atoms with van der Waals surface area (Å²) in [6.07, 6.45) is -0.451. The second-order valence-electron chi connectivity index (χ2n) is 7.98. The van der Waals surface area contributed by atoms with Crippen LogP contribution in [-0.2, 0) is 26.0 Å². The number of anilines is 1. The summed E-state index contributed by atoms with van der Waals surface area (Å²) in [5, 5.41) is 2.65. The minimum absolute atomic E-state index is 0.0000742. The van der Waals surface area contributed by atoms with E-state index >= 15 is 0 Å². The van der Waals surface area contributed by atoms with E-state index < -0.39 is 16.1 Å². The van der Waals surface area contributed by atoms with Crippen LogP contribution in [0.1, 0.15) is 18.1 Å². The minimum Gasteiger partial charge on any atom is -0.479 e. The lowest BCUT2D eigenvalue weighted by Gasteiger charge is -2.34. The standard InChI is InChI=1S/C22H24ClN3O5S/c1-14-3-5-16(6-4-14)11-21(27)25-7-9-26(10-8-25)32(29,30)20-13-19-18(12-17(20)23)24-22(28)15(2)31-19/h3-6,12-13,15H,7-11H2,1-2H3,(H,24,28)/t15-/m1/s1. The van der Waals surface area contributed by atoms with Crippen molar-refractivity contribution >= 4 is 39.1 Å². The number of hydrogen-bond donors (Lipinski definition) is 1. The molecule has 32 heavy (non-hydrogen) atoms. The predicted molar refractivity (Wildman–Crippen MR) is 120 cm³/mol. The van der Waals surface area contributed by atoms with Gasteiger partial charge >= 0.3 is 0 Å². The molecule has 2 aromatic rings. The van der Waals surface area contributed by atoms with Gasteiger partial charge in [0.25, 0.3) is 5.91 Å². The minimum atomic E-state index is -3.90. The lowest BCUT2D eigenvalue weighted by Crippen LogP contribution is -2.50. The highest BCUT2D eigenvalue weighted by Crippen LogP contribution is 2.38. The first kappa shape index (κ1) is 22.6. The molecule has 0 aliphatic carbocycles. The molecule has 2 aliphatic heterocycles. The average Bonchev–Trinajstić information content (AvgIpc) is 2.76. The molecule has 2 amide bonds. The molecule has 2 aliphatic rings. The molecule has 0 saturated carbocycles. The van der Waals surface area contributed by atoms with Crippen LogP contribution < -0.4 is 10.1 Å². The Balaban J connectivity index is 1.45. The maximum Gasteiger partial charge on any atom is 0.265 e. The number of rotatable bonds is 4. The molecule has 0 aromatic heterocycles. The molecule has 2 aromatic carbocycles. The fourth-order valence-corrected chi connectivity index (χ4v) is 5.65. The van der Waals surface area contributed by atoms with Gasteiger partial charge in [0, 0.05) is 32.2 Å². The predicted octanol–water partition coefficient (Wildman–Crippen LogP) is 2.44. The molecule has 2 heterocycles. The lowest BCUT2D eigenvalue weighted by atomic mass is 10.1. The fraction of sp³-hybridized carbons (Fsp3) is 0.364. The molecule has 1 N–H and O–H groups in total. The van der Waals surface area contributed by atoms with Crippen LogP contribution in [0, 0.1) is 6.92 Å². The van der Waals surface area contributed by atoms with Crippen molar-refractivity contribution in [3.05, 3.63) is 52.5 Å². The van der Waals surface area contributed by atoms with Crippen molar-refractivity contribution in [1.29, 1.82) is 0 Å². The highest BCUT2D eigenvalue weighted by atomic mass is 35.5. The molecule has 10 heteroatoms. The number of nitrogens with one attached hydrogen (secondary N) is 1. The second-order valence-corrected chi connectivity index (χ2v) is 10.3. The Labute approximate surface area is 192 Å². The Morgan fingerprint density at radius 1 is 1.16 bits per heavy atom. The van der Waals surface area contributed by atoms with Crippen LogP contribution in [0.2, 0.25) is 5.02 Å². The Hall–Kier alpha value is -2.62. The van der Waals surface area contributed by atoms with E-state index in [9.17, 15) is 18.0 Å². The summed E-state index contributed by atoms with van der Waals surface area (Å²) >= 11 is 6.25. The number of halogens is 1. The van der Waals surface area contributed by atoms with Crippen LogP contribution in [0.5, 0.6) is 5.75 Å². The fourth-order valence-electron chi connectivity index (χ4n) is 3.72. The molecule has 0 bridgehead atoms. The summed E-state index contributed by atoms with van der Waals surface area (Å²) in [7, 11) is -3.90. The molecule has 170 valence electrons. The van der Waals surface area contributed by atoms with Crippen molar-refractivity contribution in [3.63, 3.8) is 0 Å². The van der Waals surface area contributed by atoms with Crippen molar-refractivity contribution in [2.75, 3.05) is 31.5 Å². The number of piperazine rings is 1. The first-order valence-corrected chi connectivity index (χ1v) is 12.1. The number of aryl methyl sites for hydroxylation is 1. The molecule has 1 fully saturated rings. The first-order chi connectivity index (χ1) is 15.1. The SMILES string of the molecule is Cc1ccc(CC(=O)N2CCN(S(=O)(=O)c3cc4c(cc3Cl)NC(=O)[C@@H](C)O4)CC2)cc1. The number of carbonyl (C=O) groups excluding carboxylic acids is 2. The topological polar surface area (TPSA) is 96.0 Å². The van der Waals surface area contributed by atoms with Crippen LogP contribution in [0.25, 0.3) is 0 Å². The molecule has 8 nitrogen and oxygen atoms in total. The van der Waals surface area contributed by atoms with Gasteiger partial charge in [0.1, 0.15) is 10.6 Å². The van der Waals surface area contributed by atoms with Gasteiger partial charge in [-0.05, 0) is 25.5 Å². The summed E-state index contributed by atoms with van der Waals surface area (Å²) in [5.74, 6) is -0.0987. The highest BCUT2D eigenvalue weighted by molar-refractivity contribution is 7.89. The number of fused-ring (bicyclic) bond motifs is 1. The van der Waals surface area contributed by atoms with Crippen LogP contribution in [0.3, 0.4) is 0 Å². The van der Waals surface area contributed by atoms with E-state index in [1.807, 2.05) is 31.2 Å². The number of hydrogen-bond acceptors (Lipinski definition) is 5. The maximum atomic E-state index is 13.2.